The van der Waals surface area contributed by atoms with E-state index in [1.54, 1.807) is 0 Å². The molecular formula is C24H36BrNO. The average molecular weight is 434 g/mol. The Bertz CT molecular complexity index is 607. The molecule has 8 aliphatic carbocycles. The standard InChI is InChI=1S/C24H36BrNO/c1-15(23-8-16-2-17(9-23)4-18(3-16)10-23)26-21(27)13-22-6-19-5-20(7-22)12-24(25,11-19)14-22/h15-20H,2-14H2,1H3,(H,26,27)/t15-,16?,17?,18?,19-,20+,22?,23?,24?/m1/s1. The molecule has 27 heavy (non-hydrogen) atoms. The third-order valence-corrected chi connectivity index (χ3v) is 11.0. The van der Waals surface area contributed by atoms with Crippen LogP contribution in [0.15, 0.2) is 0 Å². The zero-order chi connectivity index (χ0) is 18.4. The van der Waals surface area contributed by atoms with E-state index in [9.17, 15) is 4.79 Å². The van der Waals surface area contributed by atoms with Crippen LogP contribution in [0.5, 0.6) is 0 Å². The second-order valence-corrected chi connectivity index (χ2v) is 14.0. The molecule has 0 radical (unpaired) electrons. The summed E-state index contributed by atoms with van der Waals surface area (Å²) in [6, 6.07) is 0.380. The molecule has 0 saturated heterocycles. The van der Waals surface area contributed by atoms with E-state index in [2.05, 4.69) is 28.2 Å². The molecule has 2 nitrogen and oxygen atoms in total. The zero-order valence-corrected chi connectivity index (χ0v) is 18.5. The van der Waals surface area contributed by atoms with Crippen LogP contribution in [0, 0.1) is 40.4 Å². The van der Waals surface area contributed by atoms with Gasteiger partial charge in [-0.25, -0.2) is 0 Å². The number of carbonyl (C=O) groups is 1. The van der Waals surface area contributed by atoms with Gasteiger partial charge in [0.05, 0.1) is 0 Å². The van der Waals surface area contributed by atoms with Crippen LogP contribution in [0.2, 0.25) is 0 Å². The second kappa shape index (κ2) is 5.76. The topological polar surface area (TPSA) is 29.1 Å². The summed E-state index contributed by atoms with van der Waals surface area (Å²) in [4.78, 5) is 13.2. The Morgan fingerprint density at radius 1 is 0.889 bits per heavy atom. The maximum absolute atomic E-state index is 13.2. The highest BCUT2D eigenvalue weighted by Gasteiger charge is 2.58. The minimum atomic E-state index is 0.304. The third kappa shape index (κ3) is 2.88. The highest BCUT2D eigenvalue weighted by Crippen LogP contribution is 2.66. The minimum absolute atomic E-state index is 0.304. The van der Waals surface area contributed by atoms with Gasteiger partial charge >= 0.3 is 0 Å². The lowest BCUT2D eigenvalue weighted by atomic mass is 9.47. The molecule has 0 aliphatic heterocycles. The molecule has 0 heterocycles. The van der Waals surface area contributed by atoms with Crippen molar-refractivity contribution < 1.29 is 4.79 Å². The quantitative estimate of drug-likeness (QED) is 0.554. The van der Waals surface area contributed by atoms with Crippen molar-refractivity contribution in [2.45, 2.75) is 101 Å². The molecule has 5 atom stereocenters. The molecule has 8 aliphatic rings. The van der Waals surface area contributed by atoms with Gasteiger partial charge in [-0.15, -0.1) is 0 Å². The average Bonchev–Trinajstić information content (AvgIpc) is 2.50. The lowest BCUT2D eigenvalue weighted by molar-refractivity contribution is -0.132. The van der Waals surface area contributed by atoms with E-state index >= 15 is 0 Å². The van der Waals surface area contributed by atoms with Gasteiger partial charge in [0.1, 0.15) is 0 Å². The molecule has 150 valence electrons. The van der Waals surface area contributed by atoms with Crippen molar-refractivity contribution in [1.29, 1.82) is 0 Å². The molecule has 0 aromatic heterocycles. The lowest BCUT2D eigenvalue weighted by Gasteiger charge is -2.60. The van der Waals surface area contributed by atoms with Gasteiger partial charge in [-0.2, -0.15) is 0 Å². The summed E-state index contributed by atoms with van der Waals surface area (Å²) < 4.78 is 0.364. The van der Waals surface area contributed by atoms with Crippen molar-refractivity contribution in [2.24, 2.45) is 40.4 Å². The van der Waals surface area contributed by atoms with Crippen LogP contribution in [0.1, 0.15) is 90.4 Å². The molecule has 3 heteroatoms. The third-order valence-electron chi connectivity index (χ3n) is 10.0. The van der Waals surface area contributed by atoms with Crippen LogP contribution in [0.3, 0.4) is 0 Å². The SMILES string of the molecule is C[C@@H](NC(=O)CC12C[C@@H]3C[C@@H](CC(Br)(C3)C1)C2)C12CC3CC(CC(C3)C1)C2. The van der Waals surface area contributed by atoms with Gasteiger partial charge in [-0.3, -0.25) is 4.79 Å². The Kier molecular flexibility index (Phi) is 3.79. The fourth-order valence-corrected chi connectivity index (χ4v) is 11.5. The Morgan fingerprint density at radius 3 is 1.93 bits per heavy atom. The van der Waals surface area contributed by atoms with Crippen molar-refractivity contribution in [3.05, 3.63) is 0 Å². The van der Waals surface area contributed by atoms with Crippen molar-refractivity contribution in [3.8, 4) is 0 Å². The molecule has 0 aromatic carbocycles. The van der Waals surface area contributed by atoms with E-state index in [-0.39, 0.29) is 0 Å². The molecule has 8 saturated carbocycles. The van der Waals surface area contributed by atoms with E-state index in [0.29, 0.717) is 27.1 Å². The van der Waals surface area contributed by atoms with Gasteiger partial charge in [-0.1, -0.05) is 15.9 Å². The maximum Gasteiger partial charge on any atom is 0.220 e. The Hall–Kier alpha value is -0.0500. The predicted octanol–water partition coefficient (Wildman–Crippen LogP) is 5.83. The predicted molar refractivity (Wildman–Crippen MR) is 112 cm³/mol. The summed E-state index contributed by atoms with van der Waals surface area (Å²) in [6.45, 7) is 2.34. The van der Waals surface area contributed by atoms with Crippen LogP contribution in [0.4, 0.5) is 0 Å². The summed E-state index contributed by atoms with van der Waals surface area (Å²) in [5.74, 6) is 5.01. The smallest absolute Gasteiger partial charge is 0.220 e. The van der Waals surface area contributed by atoms with Gasteiger partial charge in [0.25, 0.3) is 0 Å². The van der Waals surface area contributed by atoms with Crippen molar-refractivity contribution in [3.63, 3.8) is 0 Å². The number of hydrogen-bond donors (Lipinski definition) is 1. The fraction of sp³-hybridized carbons (Fsp3) is 0.958. The van der Waals surface area contributed by atoms with Crippen molar-refractivity contribution >= 4 is 21.8 Å². The van der Waals surface area contributed by atoms with Crippen LogP contribution in [-0.2, 0) is 4.79 Å². The molecular weight excluding hydrogens is 398 g/mol. The first kappa shape index (κ1) is 17.8. The molecule has 0 aromatic rings. The number of halogens is 1. The van der Waals surface area contributed by atoms with Gasteiger partial charge in [0.15, 0.2) is 0 Å². The molecule has 8 rings (SSSR count). The van der Waals surface area contributed by atoms with Crippen LogP contribution < -0.4 is 5.32 Å². The van der Waals surface area contributed by atoms with Crippen molar-refractivity contribution in [1.82, 2.24) is 5.32 Å². The maximum atomic E-state index is 13.2. The van der Waals surface area contributed by atoms with E-state index in [1.807, 2.05) is 0 Å². The number of hydrogen-bond acceptors (Lipinski definition) is 1. The first-order valence-corrected chi connectivity index (χ1v) is 12.6. The van der Waals surface area contributed by atoms with Gasteiger partial charge in [0, 0.05) is 16.8 Å². The molecule has 1 amide bonds. The molecule has 2 unspecified atom stereocenters. The van der Waals surface area contributed by atoms with Crippen molar-refractivity contribution in [2.75, 3.05) is 0 Å². The number of carbonyl (C=O) groups excluding carboxylic acids is 1. The number of rotatable bonds is 4. The molecule has 0 spiro atoms. The monoisotopic (exact) mass is 433 g/mol. The highest BCUT2D eigenvalue weighted by molar-refractivity contribution is 9.10. The summed E-state index contributed by atoms with van der Waals surface area (Å²) in [5, 5.41) is 3.57. The number of alkyl halides is 1. The summed E-state index contributed by atoms with van der Waals surface area (Å²) >= 11 is 4.11. The van der Waals surface area contributed by atoms with E-state index < -0.39 is 0 Å². The Morgan fingerprint density at radius 2 is 1.41 bits per heavy atom. The summed E-state index contributed by atoms with van der Waals surface area (Å²) in [7, 11) is 0. The van der Waals surface area contributed by atoms with Gasteiger partial charge in [-0.05, 0) is 124 Å². The molecule has 8 bridgehead atoms. The first-order valence-electron chi connectivity index (χ1n) is 11.8. The first-order chi connectivity index (χ1) is 12.8. The minimum Gasteiger partial charge on any atom is -0.353 e. The van der Waals surface area contributed by atoms with Gasteiger partial charge < -0.3 is 5.32 Å². The fourth-order valence-electron chi connectivity index (χ4n) is 10.0. The summed E-state index contributed by atoms with van der Waals surface area (Å²) in [6.07, 6.45) is 17.4. The zero-order valence-electron chi connectivity index (χ0n) is 16.9. The normalized spacial score (nSPS) is 55.7. The number of nitrogens with one attached hydrogen (secondary N) is 1. The molecule has 1 N–H and O–H groups in total. The van der Waals surface area contributed by atoms with E-state index in [1.165, 1.54) is 77.0 Å². The Balaban J connectivity index is 1.15. The van der Waals surface area contributed by atoms with E-state index in [4.69, 9.17) is 0 Å². The van der Waals surface area contributed by atoms with Gasteiger partial charge in [0.2, 0.25) is 5.91 Å². The van der Waals surface area contributed by atoms with Crippen LogP contribution in [-0.4, -0.2) is 16.3 Å². The van der Waals surface area contributed by atoms with Crippen LogP contribution in [0.25, 0.3) is 0 Å². The Labute approximate surface area is 173 Å². The highest BCUT2D eigenvalue weighted by atomic mass is 79.9. The number of amides is 1. The molecule has 8 fully saturated rings. The van der Waals surface area contributed by atoms with Crippen LogP contribution >= 0.6 is 15.9 Å². The largest absolute Gasteiger partial charge is 0.353 e. The second-order valence-electron chi connectivity index (χ2n) is 12.4. The lowest BCUT2D eigenvalue weighted by Crippen LogP contribution is -2.57. The summed E-state index contributed by atoms with van der Waals surface area (Å²) in [5.41, 5.74) is 0.737. The van der Waals surface area contributed by atoms with E-state index in [0.717, 1.165) is 36.0 Å².